The molecule has 1 heterocycles. The van der Waals surface area contributed by atoms with Gasteiger partial charge in [0.15, 0.2) is 5.78 Å². The van der Waals surface area contributed by atoms with Gasteiger partial charge in [-0.05, 0) is 19.8 Å². The normalized spacial score (nSPS) is 31.9. The van der Waals surface area contributed by atoms with Crippen LogP contribution in [0, 0.1) is 0 Å². The zero-order chi connectivity index (χ0) is 8.27. The quantitative estimate of drug-likeness (QED) is 0.566. The van der Waals surface area contributed by atoms with Gasteiger partial charge in [-0.15, -0.1) is 6.58 Å². The lowest BCUT2D eigenvalue weighted by molar-refractivity contribution is -0.140. The molecule has 1 saturated heterocycles. The summed E-state index contributed by atoms with van der Waals surface area (Å²) in [6.07, 6.45) is 3.95. The molecule has 11 heavy (non-hydrogen) atoms. The molecule has 2 nitrogen and oxygen atoms in total. The van der Waals surface area contributed by atoms with Crippen LogP contribution in [-0.2, 0) is 9.53 Å². The Kier molecular flexibility index (Phi) is 2.83. The highest BCUT2D eigenvalue weighted by atomic mass is 16.5. The predicted octanol–water partition coefficient (Wildman–Crippen LogP) is 1.70. The fourth-order valence-corrected chi connectivity index (χ4v) is 1.27. The minimum absolute atomic E-state index is 0.212. The third-order valence-corrected chi connectivity index (χ3v) is 1.93. The van der Waals surface area contributed by atoms with E-state index in [0.717, 1.165) is 6.42 Å². The minimum atomic E-state index is -0.212. The Bertz CT molecular complexity index is 163. The molecule has 0 aliphatic carbocycles. The third-order valence-electron chi connectivity index (χ3n) is 1.93. The van der Waals surface area contributed by atoms with E-state index in [9.17, 15) is 4.79 Å². The van der Waals surface area contributed by atoms with E-state index in [1.54, 1.807) is 6.08 Å². The van der Waals surface area contributed by atoms with Crippen LogP contribution in [0.4, 0.5) is 0 Å². The van der Waals surface area contributed by atoms with Gasteiger partial charge in [0.05, 0.1) is 6.10 Å². The molecule has 2 atom stereocenters. The Morgan fingerprint density at radius 3 is 3.18 bits per heavy atom. The summed E-state index contributed by atoms with van der Waals surface area (Å²) in [5, 5.41) is 0. The van der Waals surface area contributed by atoms with Crippen LogP contribution >= 0.6 is 0 Å². The molecule has 0 amide bonds. The van der Waals surface area contributed by atoms with Gasteiger partial charge in [0.25, 0.3) is 0 Å². The molecule has 0 saturated carbocycles. The van der Waals surface area contributed by atoms with Gasteiger partial charge in [0.1, 0.15) is 6.10 Å². The molecule has 0 radical (unpaired) electrons. The molecule has 0 aromatic heterocycles. The highest BCUT2D eigenvalue weighted by Gasteiger charge is 2.25. The lowest BCUT2D eigenvalue weighted by Crippen LogP contribution is -2.33. The summed E-state index contributed by atoms with van der Waals surface area (Å²) >= 11 is 0. The van der Waals surface area contributed by atoms with Crippen molar-refractivity contribution in [1.29, 1.82) is 0 Å². The molecule has 0 aromatic carbocycles. The van der Waals surface area contributed by atoms with Gasteiger partial charge in [-0.2, -0.15) is 0 Å². The maximum absolute atomic E-state index is 11.2. The summed E-state index contributed by atoms with van der Waals surface area (Å²) < 4.78 is 5.42. The molecule has 0 bridgehead atoms. The molecular formula is C9H14O2. The number of carbonyl (C=O) groups excluding carboxylic acids is 1. The van der Waals surface area contributed by atoms with Crippen LogP contribution in [0.25, 0.3) is 0 Å². The van der Waals surface area contributed by atoms with Crippen LogP contribution < -0.4 is 0 Å². The second-order valence-electron chi connectivity index (χ2n) is 2.96. The summed E-state index contributed by atoms with van der Waals surface area (Å²) in [7, 11) is 0. The van der Waals surface area contributed by atoms with Crippen molar-refractivity contribution in [2.75, 3.05) is 0 Å². The summed E-state index contributed by atoms with van der Waals surface area (Å²) in [5.41, 5.74) is 0. The average molecular weight is 154 g/mol. The van der Waals surface area contributed by atoms with E-state index in [0.29, 0.717) is 12.8 Å². The van der Waals surface area contributed by atoms with Crippen LogP contribution in [0.1, 0.15) is 26.2 Å². The molecule has 1 aliphatic heterocycles. The van der Waals surface area contributed by atoms with Gasteiger partial charge < -0.3 is 4.74 Å². The summed E-state index contributed by atoms with van der Waals surface area (Å²) in [6, 6.07) is 0. The second-order valence-corrected chi connectivity index (χ2v) is 2.96. The van der Waals surface area contributed by atoms with Gasteiger partial charge in [-0.25, -0.2) is 0 Å². The van der Waals surface area contributed by atoms with Crippen molar-refractivity contribution < 1.29 is 9.53 Å². The molecule has 0 aromatic rings. The molecule has 2 heteroatoms. The van der Waals surface area contributed by atoms with Gasteiger partial charge in [0, 0.05) is 6.42 Å². The molecule has 0 spiro atoms. The van der Waals surface area contributed by atoms with E-state index >= 15 is 0 Å². The molecule has 1 rings (SSSR count). The smallest absolute Gasteiger partial charge is 0.161 e. The largest absolute Gasteiger partial charge is 0.367 e. The van der Waals surface area contributed by atoms with E-state index in [1.165, 1.54) is 0 Å². The fourth-order valence-electron chi connectivity index (χ4n) is 1.27. The standard InChI is InChI=1S/C9H14O2/c1-3-4-9-8(10)6-5-7(2)11-9/h3,7,9H,1,4-6H2,2H3/t7-,9+/m0/s1. The Hall–Kier alpha value is -0.630. The first-order valence-corrected chi connectivity index (χ1v) is 4.03. The first kappa shape index (κ1) is 8.47. The van der Waals surface area contributed by atoms with Gasteiger partial charge in [-0.1, -0.05) is 6.08 Å². The predicted molar refractivity (Wildman–Crippen MR) is 43.4 cm³/mol. The van der Waals surface area contributed by atoms with Gasteiger partial charge in [-0.3, -0.25) is 4.79 Å². The van der Waals surface area contributed by atoms with Crippen LogP contribution in [0.2, 0.25) is 0 Å². The van der Waals surface area contributed by atoms with Crippen molar-refractivity contribution >= 4 is 5.78 Å². The van der Waals surface area contributed by atoms with Gasteiger partial charge >= 0.3 is 0 Å². The summed E-state index contributed by atoms with van der Waals surface area (Å²) in [5.74, 6) is 0.225. The van der Waals surface area contributed by atoms with E-state index in [4.69, 9.17) is 4.74 Å². The molecule has 1 fully saturated rings. The first-order valence-electron chi connectivity index (χ1n) is 4.03. The average Bonchev–Trinajstić information content (AvgIpc) is 1.98. The Morgan fingerprint density at radius 2 is 2.55 bits per heavy atom. The van der Waals surface area contributed by atoms with Crippen molar-refractivity contribution in [3.8, 4) is 0 Å². The van der Waals surface area contributed by atoms with Crippen molar-refractivity contribution in [2.45, 2.75) is 38.4 Å². The number of carbonyl (C=O) groups is 1. The monoisotopic (exact) mass is 154 g/mol. The van der Waals surface area contributed by atoms with Crippen LogP contribution in [0.3, 0.4) is 0 Å². The lowest BCUT2D eigenvalue weighted by atomic mass is 10.0. The van der Waals surface area contributed by atoms with Crippen LogP contribution in [0.5, 0.6) is 0 Å². The maximum atomic E-state index is 11.2. The van der Waals surface area contributed by atoms with E-state index in [2.05, 4.69) is 6.58 Å². The molecular weight excluding hydrogens is 140 g/mol. The van der Waals surface area contributed by atoms with Crippen molar-refractivity contribution in [3.05, 3.63) is 12.7 Å². The summed E-state index contributed by atoms with van der Waals surface area (Å²) in [4.78, 5) is 11.2. The number of hydrogen-bond donors (Lipinski definition) is 0. The number of hydrogen-bond acceptors (Lipinski definition) is 2. The van der Waals surface area contributed by atoms with Crippen molar-refractivity contribution in [1.82, 2.24) is 0 Å². The molecule has 62 valence electrons. The van der Waals surface area contributed by atoms with Crippen molar-refractivity contribution in [2.24, 2.45) is 0 Å². The fraction of sp³-hybridized carbons (Fsp3) is 0.667. The summed E-state index contributed by atoms with van der Waals surface area (Å²) in [6.45, 7) is 5.58. The Morgan fingerprint density at radius 1 is 1.82 bits per heavy atom. The maximum Gasteiger partial charge on any atom is 0.161 e. The zero-order valence-corrected chi connectivity index (χ0v) is 6.88. The molecule has 0 N–H and O–H groups in total. The van der Waals surface area contributed by atoms with Gasteiger partial charge in [0.2, 0.25) is 0 Å². The number of Topliss-reactive ketones (excluding diaryl/α,β-unsaturated/α-hetero) is 1. The van der Waals surface area contributed by atoms with E-state index < -0.39 is 0 Å². The number of ether oxygens (including phenoxy) is 1. The number of ketones is 1. The van der Waals surface area contributed by atoms with E-state index in [1.807, 2.05) is 6.92 Å². The minimum Gasteiger partial charge on any atom is -0.367 e. The lowest BCUT2D eigenvalue weighted by Gasteiger charge is -2.25. The van der Waals surface area contributed by atoms with Crippen molar-refractivity contribution in [3.63, 3.8) is 0 Å². The Labute approximate surface area is 67.2 Å². The highest BCUT2D eigenvalue weighted by Crippen LogP contribution is 2.17. The first-order chi connectivity index (χ1) is 5.24. The van der Waals surface area contributed by atoms with Crippen LogP contribution in [-0.4, -0.2) is 18.0 Å². The van der Waals surface area contributed by atoms with E-state index in [-0.39, 0.29) is 18.0 Å². The SMILES string of the molecule is C=CC[C@H]1O[C@@H](C)CCC1=O. The Balaban J connectivity index is 2.46. The number of rotatable bonds is 2. The zero-order valence-electron chi connectivity index (χ0n) is 6.88. The molecule has 0 unspecified atom stereocenters. The second kappa shape index (κ2) is 3.67. The van der Waals surface area contributed by atoms with Crippen LogP contribution in [0.15, 0.2) is 12.7 Å². The molecule has 1 aliphatic rings. The topological polar surface area (TPSA) is 26.3 Å². The third kappa shape index (κ3) is 2.15. The highest BCUT2D eigenvalue weighted by molar-refractivity contribution is 5.83.